The Morgan fingerprint density at radius 2 is 1.91 bits per heavy atom. The van der Waals surface area contributed by atoms with Crippen molar-refractivity contribution in [2.45, 2.75) is 32.2 Å². The maximum absolute atomic E-state index is 13.2. The number of amides is 2. The first-order chi connectivity index (χ1) is 16.6. The smallest absolute Gasteiger partial charge is 0.257 e. The number of aryl methyl sites for hydroxylation is 1. The number of pyridine rings is 2. The van der Waals surface area contributed by atoms with Crippen LogP contribution in [0.25, 0.3) is 0 Å². The molecule has 0 aliphatic carbocycles. The van der Waals surface area contributed by atoms with Crippen molar-refractivity contribution in [1.29, 1.82) is 0 Å². The average molecular weight is 459 g/mol. The fraction of sp³-hybridized carbons (Fsp3) is 0.308. The van der Waals surface area contributed by atoms with Crippen LogP contribution in [0.15, 0.2) is 54.9 Å². The average Bonchev–Trinajstić information content (AvgIpc) is 3.37. The van der Waals surface area contributed by atoms with Gasteiger partial charge in [-0.2, -0.15) is 0 Å². The van der Waals surface area contributed by atoms with E-state index in [0.717, 1.165) is 29.8 Å². The molecule has 8 nitrogen and oxygen atoms in total. The van der Waals surface area contributed by atoms with Gasteiger partial charge in [0.15, 0.2) is 11.5 Å². The topological polar surface area (TPSA) is 93.7 Å². The fourth-order valence-electron chi connectivity index (χ4n) is 4.49. The van der Waals surface area contributed by atoms with Gasteiger partial charge in [0.2, 0.25) is 6.79 Å². The fourth-order valence-corrected chi connectivity index (χ4v) is 4.49. The van der Waals surface area contributed by atoms with Crippen LogP contribution in [0.2, 0.25) is 0 Å². The van der Waals surface area contributed by atoms with Crippen LogP contribution in [0.5, 0.6) is 11.5 Å². The van der Waals surface area contributed by atoms with Gasteiger partial charge >= 0.3 is 0 Å². The molecule has 1 saturated heterocycles. The molecule has 34 heavy (non-hydrogen) atoms. The monoisotopic (exact) mass is 458 g/mol. The molecule has 2 amide bonds. The summed E-state index contributed by atoms with van der Waals surface area (Å²) >= 11 is 0. The lowest BCUT2D eigenvalue weighted by molar-refractivity contribution is 0.0706. The molecule has 2 aliphatic heterocycles. The zero-order chi connectivity index (χ0) is 23.5. The molecule has 1 N–H and O–H groups in total. The highest BCUT2D eigenvalue weighted by molar-refractivity contribution is 5.98. The minimum absolute atomic E-state index is 0.0626. The van der Waals surface area contributed by atoms with E-state index in [-0.39, 0.29) is 24.5 Å². The summed E-state index contributed by atoms with van der Waals surface area (Å²) in [4.78, 5) is 36.8. The number of ether oxygens (including phenoxy) is 2. The van der Waals surface area contributed by atoms with Crippen LogP contribution >= 0.6 is 0 Å². The Morgan fingerprint density at radius 3 is 2.71 bits per heavy atom. The third kappa shape index (κ3) is 4.44. The van der Waals surface area contributed by atoms with Crippen LogP contribution in [-0.4, -0.2) is 46.6 Å². The minimum Gasteiger partial charge on any atom is -0.454 e. The van der Waals surface area contributed by atoms with Crippen LogP contribution in [0.4, 0.5) is 0 Å². The van der Waals surface area contributed by atoms with Gasteiger partial charge in [-0.25, -0.2) is 0 Å². The molecule has 3 aromatic rings. The molecule has 8 heteroatoms. The maximum atomic E-state index is 13.2. The number of fused-ring (bicyclic) bond motifs is 1. The molecule has 0 spiro atoms. The van der Waals surface area contributed by atoms with Gasteiger partial charge in [0.1, 0.15) is 0 Å². The van der Waals surface area contributed by atoms with Gasteiger partial charge in [0.05, 0.1) is 16.8 Å². The predicted molar refractivity (Wildman–Crippen MR) is 125 cm³/mol. The van der Waals surface area contributed by atoms with Crippen LogP contribution in [-0.2, 0) is 6.54 Å². The molecule has 1 fully saturated rings. The van der Waals surface area contributed by atoms with Gasteiger partial charge in [-0.1, -0.05) is 12.1 Å². The highest BCUT2D eigenvalue weighted by atomic mass is 16.7. The number of nitrogens with one attached hydrogen (secondary N) is 1. The van der Waals surface area contributed by atoms with Crippen molar-refractivity contribution in [1.82, 2.24) is 20.2 Å². The third-order valence-corrected chi connectivity index (χ3v) is 6.28. The molecule has 2 aromatic heterocycles. The van der Waals surface area contributed by atoms with Gasteiger partial charge in [0.25, 0.3) is 11.8 Å². The summed E-state index contributed by atoms with van der Waals surface area (Å²) in [5, 5.41) is 2.98. The number of carbonyl (C=O) groups is 2. The van der Waals surface area contributed by atoms with Gasteiger partial charge in [-0.15, -0.1) is 0 Å². The van der Waals surface area contributed by atoms with Crippen molar-refractivity contribution in [3.05, 3.63) is 82.9 Å². The molecule has 0 saturated carbocycles. The van der Waals surface area contributed by atoms with Crippen molar-refractivity contribution in [2.75, 3.05) is 19.9 Å². The quantitative estimate of drug-likeness (QED) is 0.629. The van der Waals surface area contributed by atoms with Crippen molar-refractivity contribution < 1.29 is 19.1 Å². The Morgan fingerprint density at radius 1 is 1.06 bits per heavy atom. The number of para-hydroxylation sites is 1. The molecule has 0 atom stereocenters. The van der Waals surface area contributed by atoms with E-state index in [2.05, 4.69) is 10.3 Å². The molecule has 0 bridgehead atoms. The lowest BCUT2D eigenvalue weighted by Gasteiger charge is -2.32. The first-order valence-electron chi connectivity index (χ1n) is 11.4. The third-order valence-electron chi connectivity index (χ3n) is 6.28. The number of likely N-dealkylation sites (tertiary alicyclic amines) is 1. The highest BCUT2D eigenvalue weighted by Crippen LogP contribution is 2.37. The summed E-state index contributed by atoms with van der Waals surface area (Å²) in [6.07, 6.45) is 4.91. The number of hydrogen-bond acceptors (Lipinski definition) is 6. The normalized spacial score (nSPS) is 15.3. The number of rotatable bonds is 5. The summed E-state index contributed by atoms with van der Waals surface area (Å²) in [6.45, 7) is 3.63. The molecular formula is C26H26N4O4. The highest BCUT2D eigenvalue weighted by Gasteiger charge is 2.31. The Kier molecular flexibility index (Phi) is 6.12. The van der Waals surface area contributed by atoms with E-state index in [1.54, 1.807) is 30.6 Å². The van der Waals surface area contributed by atoms with Crippen LogP contribution in [0.1, 0.15) is 56.4 Å². The predicted octanol–water partition coefficient (Wildman–Crippen LogP) is 3.46. The van der Waals surface area contributed by atoms with E-state index in [0.29, 0.717) is 42.3 Å². The molecule has 4 heterocycles. The molecule has 0 radical (unpaired) electrons. The summed E-state index contributed by atoms with van der Waals surface area (Å²) in [6, 6.07) is 12.9. The molecule has 174 valence electrons. The number of hydrogen-bond donors (Lipinski definition) is 1. The van der Waals surface area contributed by atoms with Gasteiger partial charge in [-0.05, 0) is 55.7 Å². The van der Waals surface area contributed by atoms with Crippen molar-refractivity contribution in [3.63, 3.8) is 0 Å². The largest absolute Gasteiger partial charge is 0.454 e. The Labute approximate surface area is 197 Å². The number of aromatic nitrogens is 2. The van der Waals surface area contributed by atoms with Gasteiger partial charge < -0.3 is 19.7 Å². The number of benzene rings is 1. The van der Waals surface area contributed by atoms with Crippen LogP contribution in [0.3, 0.4) is 0 Å². The number of carbonyl (C=O) groups excluding carboxylic acids is 2. The summed E-state index contributed by atoms with van der Waals surface area (Å²) in [7, 11) is 0. The molecular weight excluding hydrogens is 432 g/mol. The first-order valence-corrected chi connectivity index (χ1v) is 11.4. The van der Waals surface area contributed by atoms with Crippen LogP contribution in [0, 0.1) is 6.92 Å². The number of piperidine rings is 1. The van der Waals surface area contributed by atoms with E-state index in [1.807, 2.05) is 36.1 Å². The second-order valence-corrected chi connectivity index (χ2v) is 8.54. The number of nitrogens with zero attached hydrogens (tertiary/aromatic N) is 3. The van der Waals surface area contributed by atoms with E-state index in [1.165, 1.54) is 0 Å². The standard InChI is InChI=1S/C26H26N4O4/c1-17-7-8-20(25(31)28-15-18-4-3-11-27-14-18)23(29-17)19-9-12-30(13-10-19)26(32)21-5-2-6-22-24(21)34-16-33-22/h2-8,11,14,19H,9-10,12-13,15-16H2,1H3,(H,28,31). The molecule has 1 aromatic carbocycles. The van der Waals surface area contributed by atoms with E-state index in [4.69, 9.17) is 14.5 Å². The summed E-state index contributed by atoms with van der Waals surface area (Å²) < 4.78 is 10.9. The van der Waals surface area contributed by atoms with Gasteiger partial charge in [0, 0.05) is 43.6 Å². The maximum Gasteiger partial charge on any atom is 0.257 e. The second kappa shape index (κ2) is 9.51. The SMILES string of the molecule is Cc1ccc(C(=O)NCc2cccnc2)c(C2CCN(C(=O)c3cccc4c3OCO4)CC2)n1. The minimum atomic E-state index is -0.151. The summed E-state index contributed by atoms with van der Waals surface area (Å²) in [5.41, 5.74) is 3.72. The van der Waals surface area contributed by atoms with Gasteiger partial charge in [-0.3, -0.25) is 19.6 Å². The van der Waals surface area contributed by atoms with Crippen molar-refractivity contribution in [3.8, 4) is 11.5 Å². The van der Waals surface area contributed by atoms with Crippen molar-refractivity contribution >= 4 is 11.8 Å². The lowest BCUT2D eigenvalue weighted by atomic mass is 9.89. The van der Waals surface area contributed by atoms with E-state index in [9.17, 15) is 9.59 Å². The second-order valence-electron chi connectivity index (χ2n) is 8.54. The van der Waals surface area contributed by atoms with E-state index < -0.39 is 0 Å². The lowest BCUT2D eigenvalue weighted by Crippen LogP contribution is -2.38. The zero-order valence-electron chi connectivity index (χ0n) is 19.0. The van der Waals surface area contributed by atoms with Crippen molar-refractivity contribution in [2.24, 2.45) is 0 Å². The van der Waals surface area contributed by atoms with Crippen LogP contribution < -0.4 is 14.8 Å². The first kappa shape index (κ1) is 21.9. The molecule has 0 unspecified atom stereocenters. The molecule has 2 aliphatic rings. The molecule has 5 rings (SSSR count). The Bertz CT molecular complexity index is 1210. The zero-order valence-corrected chi connectivity index (χ0v) is 19.0. The van der Waals surface area contributed by atoms with E-state index >= 15 is 0 Å². The summed E-state index contributed by atoms with van der Waals surface area (Å²) in [5.74, 6) is 1.01. The Balaban J connectivity index is 1.27. The Hall–Kier alpha value is -3.94.